The molecule has 0 radical (unpaired) electrons. The van der Waals surface area contributed by atoms with Gasteiger partial charge in [-0.05, 0) is 58.0 Å². The van der Waals surface area contributed by atoms with E-state index in [1.165, 1.54) is 30.5 Å². The van der Waals surface area contributed by atoms with Crippen molar-refractivity contribution in [3.63, 3.8) is 0 Å². The summed E-state index contributed by atoms with van der Waals surface area (Å²) < 4.78 is 5.90. The Morgan fingerprint density at radius 3 is 2.64 bits per heavy atom. The second-order valence-electron chi connectivity index (χ2n) is 6.26. The monoisotopic (exact) mass is 305 g/mol. The molecule has 1 aliphatic rings. The molecule has 1 aromatic carbocycles. The highest BCUT2D eigenvalue weighted by atomic mass is 16.5. The van der Waals surface area contributed by atoms with Crippen LogP contribution in [0.4, 0.5) is 5.69 Å². The molecule has 124 valence electrons. The molecule has 0 bridgehead atoms. The summed E-state index contributed by atoms with van der Waals surface area (Å²) in [6.45, 7) is 8.05. The summed E-state index contributed by atoms with van der Waals surface area (Å²) >= 11 is 0. The SMILES string of the molecule is CCOc1cc(CNCCN(C)C)ccc1N1CCCCC1. The summed E-state index contributed by atoms with van der Waals surface area (Å²) in [5.74, 6) is 1.04. The van der Waals surface area contributed by atoms with Gasteiger partial charge in [0.1, 0.15) is 5.75 Å². The highest BCUT2D eigenvalue weighted by molar-refractivity contribution is 5.60. The van der Waals surface area contributed by atoms with Gasteiger partial charge in [0.05, 0.1) is 12.3 Å². The minimum Gasteiger partial charge on any atom is -0.492 e. The van der Waals surface area contributed by atoms with Gasteiger partial charge in [-0.2, -0.15) is 0 Å². The fraction of sp³-hybridized carbons (Fsp3) is 0.667. The van der Waals surface area contributed by atoms with Crippen molar-refractivity contribution < 1.29 is 4.74 Å². The van der Waals surface area contributed by atoms with E-state index in [2.05, 4.69) is 54.3 Å². The lowest BCUT2D eigenvalue weighted by Crippen LogP contribution is -2.30. The molecule has 4 nitrogen and oxygen atoms in total. The number of ether oxygens (including phenoxy) is 1. The van der Waals surface area contributed by atoms with Crippen LogP contribution in [0.15, 0.2) is 18.2 Å². The van der Waals surface area contributed by atoms with Crippen molar-refractivity contribution in [2.24, 2.45) is 0 Å². The minimum atomic E-state index is 0.721. The molecule has 1 N–H and O–H groups in total. The Kier molecular flexibility index (Phi) is 7.00. The van der Waals surface area contributed by atoms with Crippen LogP contribution in [0, 0.1) is 0 Å². The summed E-state index contributed by atoms with van der Waals surface area (Å²) in [4.78, 5) is 4.66. The van der Waals surface area contributed by atoms with E-state index in [0.717, 1.165) is 45.1 Å². The summed E-state index contributed by atoms with van der Waals surface area (Å²) in [6, 6.07) is 6.67. The first-order valence-corrected chi connectivity index (χ1v) is 8.57. The molecule has 0 spiro atoms. The number of nitrogens with zero attached hydrogens (tertiary/aromatic N) is 2. The molecule has 1 aliphatic heterocycles. The van der Waals surface area contributed by atoms with Crippen molar-refractivity contribution in [2.45, 2.75) is 32.7 Å². The zero-order valence-electron chi connectivity index (χ0n) is 14.4. The van der Waals surface area contributed by atoms with Crippen molar-refractivity contribution in [3.8, 4) is 5.75 Å². The summed E-state index contributed by atoms with van der Waals surface area (Å²) in [5, 5.41) is 3.49. The van der Waals surface area contributed by atoms with Crippen LogP contribution in [0.3, 0.4) is 0 Å². The number of nitrogens with one attached hydrogen (secondary N) is 1. The normalized spacial score (nSPS) is 15.4. The molecule has 1 aromatic rings. The molecule has 0 atom stereocenters. The van der Waals surface area contributed by atoms with Gasteiger partial charge in [0.25, 0.3) is 0 Å². The number of hydrogen-bond donors (Lipinski definition) is 1. The first kappa shape index (κ1) is 17.1. The van der Waals surface area contributed by atoms with Gasteiger partial charge in [-0.3, -0.25) is 0 Å². The molecule has 1 saturated heterocycles. The number of benzene rings is 1. The van der Waals surface area contributed by atoms with Gasteiger partial charge in [-0.15, -0.1) is 0 Å². The fourth-order valence-corrected chi connectivity index (χ4v) is 2.87. The molecule has 0 saturated carbocycles. The molecule has 4 heteroatoms. The van der Waals surface area contributed by atoms with Crippen LogP contribution in [0.25, 0.3) is 0 Å². The van der Waals surface area contributed by atoms with Gasteiger partial charge in [0.15, 0.2) is 0 Å². The molecule has 0 unspecified atom stereocenters. The zero-order valence-corrected chi connectivity index (χ0v) is 14.4. The summed E-state index contributed by atoms with van der Waals surface area (Å²) in [7, 11) is 4.20. The van der Waals surface area contributed by atoms with Crippen molar-refractivity contribution in [1.82, 2.24) is 10.2 Å². The molecule has 0 aliphatic carbocycles. The van der Waals surface area contributed by atoms with Gasteiger partial charge < -0.3 is 19.9 Å². The second kappa shape index (κ2) is 9.01. The predicted molar refractivity (Wildman–Crippen MR) is 93.9 cm³/mol. The van der Waals surface area contributed by atoms with Crippen LogP contribution in [0.1, 0.15) is 31.7 Å². The van der Waals surface area contributed by atoms with E-state index in [4.69, 9.17) is 4.74 Å². The maximum absolute atomic E-state index is 5.90. The van der Waals surface area contributed by atoms with E-state index in [0.29, 0.717) is 0 Å². The quantitative estimate of drug-likeness (QED) is 0.748. The van der Waals surface area contributed by atoms with Crippen molar-refractivity contribution in [1.29, 1.82) is 0 Å². The zero-order chi connectivity index (χ0) is 15.8. The third kappa shape index (κ3) is 5.18. The molecule has 22 heavy (non-hydrogen) atoms. The Bertz CT molecular complexity index is 442. The number of piperidine rings is 1. The molecular formula is C18H31N3O. The maximum Gasteiger partial charge on any atom is 0.142 e. The van der Waals surface area contributed by atoms with Crippen LogP contribution >= 0.6 is 0 Å². The minimum absolute atomic E-state index is 0.721. The predicted octanol–water partition coefficient (Wildman–Crippen LogP) is 2.73. The fourth-order valence-electron chi connectivity index (χ4n) is 2.87. The van der Waals surface area contributed by atoms with E-state index in [-0.39, 0.29) is 0 Å². The van der Waals surface area contributed by atoms with Crippen molar-refractivity contribution in [3.05, 3.63) is 23.8 Å². The van der Waals surface area contributed by atoms with Crippen LogP contribution in [0.2, 0.25) is 0 Å². The molecule has 0 amide bonds. The summed E-state index contributed by atoms with van der Waals surface area (Å²) in [6.07, 6.45) is 3.94. The highest BCUT2D eigenvalue weighted by Gasteiger charge is 2.15. The Balaban J connectivity index is 1.99. The lowest BCUT2D eigenvalue weighted by atomic mass is 10.1. The standard InChI is InChI=1S/C18H31N3O/c1-4-22-18-14-16(15-19-10-13-20(2)3)8-9-17(18)21-11-6-5-7-12-21/h8-9,14,19H,4-7,10-13,15H2,1-3H3. The van der Waals surface area contributed by atoms with E-state index in [9.17, 15) is 0 Å². The van der Waals surface area contributed by atoms with Crippen molar-refractivity contribution in [2.75, 3.05) is 51.8 Å². The third-order valence-electron chi connectivity index (χ3n) is 4.09. The van der Waals surface area contributed by atoms with E-state index < -0.39 is 0 Å². The maximum atomic E-state index is 5.90. The van der Waals surface area contributed by atoms with Gasteiger partial charge in [0.2, 0.25) is 0 Å². The topological polar surface area (TPSA) is 27.7 Å². The van der Waals surface area contributed by atoms with E-state index >= 15 is 0 Å². The van der Waals surface area contributed by atoms with Gasteiger partial charge in [0, 0.05) is 32.7 Å². The van der Waals surface area contributed by atoms with Crippen LogP contribution in [0.5, 0.6) is 5.75 Å². The van der Waals surface area contributed by atoms with E-state index in [1.54, 1.807) is 0 Å². The van der Waals surface area contributed by atoms with E-state index in [1.807, 2.05) is 0 Å². The Morgan fingerprint density at radius 1 is 1.18 bits per heavy atom. The first-order valence-electron chi connectivity index (χ1n) is 8.57. The number of rotatable bonds is 8. The highest BCUT2D eigenvalue weighted by Crippen LogP contribution is 2.31. The molecule has 1 fully saturated rings. The van der Waals surface area contributed by atoms with Gasteiger partial charge in [-0.25, -0.2) is 0 Å². The van der Waals surface area contributed by atoms with Gasteiger partial charge in [-0.1, -0.05) is 6.07 Å². The molecule has 2 rings (SSSR count). The number of hydrogen-bond acceptors (Lipinski definition) is 4. The lowest BCUT2D eigenvalue weighted by Gasteiger charge is -2.30. The lowest BCUT2D eigenvalue weighted by molar-refractivity contribution is 0.339. The molecular weight excluding hydrogens is 274 g/mol. The Labute approximate surface area is 135 Å². The van der Waals surface area contributed by atoms with Crippen LogP contribution < -0.4 is 15.0 Å². The third-order valence-corrected chi connectivity index (χ3v) is 4.09. The average molecular weight is 305 g/mol. The average Bonchev–Trinajstić information content (AvgIpc) is 2.53. The number of likely N-dealkylation sites (N-methyl/N-ethyl adjacent to an activating group) is 1. The second-order valence-corrected chi connectivity index (χ2v) is 6.26. The molecule has 0 aromatic heterocycles. The number of anilines is 1. The van der Waals surface area contributed by atoms with Crippen LogP contribution in [-0.4, -0.2) is 51.8 Å². The van der Waals surface area contributed by atoms with Crippen LogP contribution in [-0.2, 0) is 6.54 Å². The Morgan fingerprint density at radius 2 is 1.95 bits per heavy atom. The smallest absolute Gasteiger partial charge is 0.142 e. The van der Waals surface area contributed by atoms with Crippen molar-refractivity contribution >= 4 is 5.69 Å². The molecule has 1 heterocycles. The van der Waals surface area contributed by atoms with Gasteiger partial charge >= 0.3 is 0 Å². The first-order chi connectivity index (χ1) is 10.7. The Hall–Kier alpha value is -1.26. The largest absolute Gasteiger partial charge is 0.492 e. The summed E-state index contributed by atoms with van der Waals surface area (Å²) in [5.41, 5.74) is 2.56.